The molecule has 1 spiro atoms. The van der Waals surface area contributed by atoms with Gasteiger partial charge in [0.25, 0.3) is 0 Å². The maximum atomic E-state index is 9.61. The van der Waals surface area contributed by atoms with Crippen LogP contribution >= 0.6 is 0 Å². The number of pyridine rings is 1. The molecule has 1 unspecified atom stereocenters. The van der Waals surface area contributed by atoms with E-state index >= 15 is 0 Å². The standard InChI is InChI=1S/C12H16N2O/c13-12(8-15)10-9(2-1-7-14-10)3-4-11(12)5-6-11/h1-2,7,15H,3-6,8,13H2. The first kappa shape index (κ1) is 9.31. The fourth-order valence-electron chi connectivity index (χ4n) is 2.98. The lowest BCUT2D eigenvalue weighted by Crippen LogP contribution is -2.52. The number of hydrogen-bond donors (Lipinski definition) is 2. The van der Waals surface area contributed by atoms with Gasteiger partial charge in [-0.2, -0.15) is 0 Å². The summed E-state index contributed by atoms with van der Waals surface area (Å²) < 4.78 is 0. The van der Waals surface area contributed by atoms with Gasteiger partial charge in [0.1, 0.15) is 0 Å². The topological polar surface area (TPSA) is 59.1 Å². The van der Waals surface area contributed by atoms with Gasteiger partial charge in [-0.25, -0.2) is 0 Å². The lowest BCUT2D eigenvalue weighted by molar-refractivity contribution is 0.104. The Bertz CT molecular complexity index is 400. The second-order valence-electron chi connectivity index (χ2n) is 4.92. The van der Waals surface area contributed by atoms with E-state index in [0.717, 1.165) is 31.4 Å². The molecule has 1 atom stereocenters. The van der Waals surface area contributed by atoms with Crippen LogP contribution in [0.25, 0.3) is 0 Å². The summed E-state index contributed by atoms with van der Waals surface area (Å²) in [7, 11) is 0. The fourth-order valence-corrected chi connectivity index (χ4v) is 2.98. The van der Waals surface area contributed by atoms with E-state index < -0.39 is 5.54 Å². The maximum absolute atomic E-state index is 9.61. The van der Waals surface area contributed by atoms with E-state index in [1.165, 1.54) is 5.56 Å². The Labute approximate surface area is 89.3 Å². The lowest BCUT2D eigenvalue weighted by atomic mass is 9.70. The molecular formula is C12H16N2O. The van der Waals surface area contributed by atoms with Gasteiger partial charge in [0.05, 0.1) is 17.8 Å². The number of aryl methyl sites for hydroxylation is 1. The molecule has 3 N–H and O–H groups in total. The summed E-state index contributed by atoms with van der Waals surface area (Å²) in [6, 6.07) is 4.02. The monoisotopic (exact) mass is 204 g/mol. The average Bonchev–Trinajstić information content (AvgIpc) is 3.06. The summed E-state index contributed by atoms with van der Waals surface area (Å²) in [6.45, 7) is 0.0109. The molecule has 0 radical (unpaired) electrons. The zero-order valence-corrected chi connectivity index (χ0v) is 8.74. The molecule has 0 bridgehead atoms. The van der Waals surface area contributed by atoms with Crippen LogP contribution in [0.3, 0.4) is 0 Å². The van der Waals surface area contributed by atoms with Crippen LogP contribution in [0.1, 0.15) is 30.5 Å². The van der Waals surface area contributed by atoms with E-state index in [1.54, 1.807) is 6.20 Å². The number of nitrogens with zero attached hydrogens (tertiary/aromatic N) is 1. The summed E-state index contributed by atoms with van der Waals surface area (Å²) in [4.78, 5) is 4.39. The molecule has 0 aromatic carbocycles. The van der Waals surface area contributed by atoms with Crippen LogP contribution in [0.5, 0.6) is 0 Å². The maximum Gasteiger partial charge on any atom is 0.0877 e. The molecule has 15 heavy (non-hydrogen) atoms. The van der Waals surface area contributed by atoms with Gasteiger partial charge in [0, 0.05) is 6.20 Å². The molecule has 0 amide bonds. The molecular weight excluding hydrogens is 188 g/mol. The molecule has 2 aliphatic carbocycles. The summed E-state index contributed by atoms with van der Waals surface area (Å²) in [6.07, 6.45) is 6.21. The van der Waals surface area contributed by atoms with Crippen molar-refractivity contribution in [1.82, 2.24) is 4.98 Å². The van der Waals surface area contributed by atoms with Crippen LogP contribution in [0, 0.1) is 5.41 Å². The van der Waals surface area contributed by atoms with Crippen LogP contribution in [0.4, 0.5) is 0 Å². The van der Waals surface area contributed by atoms with Gasteiger partial charge in [0.15, 0.2) is 0 Å². The minimum absolute atomic E-state index is 0.0109. The highest BCUT2D eigenvalue weighted by molar-refractivity contribution is 5.36. The number of hydrogen-bond acceptors (Lipinski definition) is 3. The van der Waals surface area contributed by atoms with Crippen molar-refractivity contribution in [2.75, 3.05) is 6.61 Å². The van der Waals surface area contributed by atoms with Gasteiger partial charge in [0.2, 0.25) is 0 Å². The van der Waals surface area contributed by atoms with Crippen molar-refractivity contribution in [3.8, 4) is 0 Å². The molecule has 0 aliphatic heterocycles. The normalized spacial score (nSPS) is 31.3. The highest BCUT2D eigenvalue weighted by atomic mass is 16.3. The highest BCUT2D eigenvalue weighted by Crippen LogP contribution is 2.62. The van der Waals surface area contributed by atoms with Gasteiger partial charge in [-0.1, -0.05) is 6.07 Å². The number of aromatic nitrogens is 1. The zero-order chi connectivity index (χ0) is 10.5. The number of rotatable bonds is 1. The Morgan fingerprint density at radius 2 is 2.20 bits per heavy atom. The molecule has 0 saturated heterocycles. The van der Waals surface area contributed by atoms with Crippen LogP contribution in [0.2, 0.25) is 0 Å². The molecule has 1 saturated carbocycles. The first-order valence-corrected chi connectivity index (χ1v) is 5.56. The molecule has 1 aromatic rings. The Morgan fingerprint density at radius 3 is 2.87 bits per heavy atom. The number of fused-ring (bicyclic) bond motifs is 1. The first-order valence-electron chi connectivity index (χ1n) is 5.56. The van der Waals surface area contributed by atoms with Gasteiger partial charge in [-0.05, 0) is 42.7 Å². The Morgan fingerprint density at radius 1 is 1.40 bits per heavy atom. The van der Waals surface area contributed by atoms with Crippen molar-refractivity contribution in [3.63, 3.8) is 0 Å². The Kier molecular flexibility index (Phi) is 1.74. The molecule has 3 heteroatoms. The quantitative estimate of drug-likeness (QED) is 0.716. The van der Waals surface area contributed by atoms with Crippen LogP contribution in [0.15, 0.2) is 18.3 Å². The molecule has 1 aromatic heterocycles. The smallest absolute Gasteiger partial charge is 0.0877 e. The van der Waals surface area contributed by atoms with E-state index in [9.17, 15) is 5.11 Å². The molecule has 80 valence electrons. The summed E-state index contributed by atoms with van der Waals surface area (Å²) in [5, 5.41) is 9.61. The predicted molar refractivity (Wildman–Crippen MR) is 57.2 cm³/mol. The largest absolute Gasteiger partial charge is 0.394 e. The SMILES string of the molecule is NC1(CO)c2ncccc2CCC12CC2. The highest BCUT2D eigenvalue weighted by Gasteiger charge is 2.60. The number of nitrogens with two attached hydrogens (primary N) is 1. The van der Waals surface area contributed by atoms with Gasteiger partial charge >= 0.3 is 0 Å². The van der Waals surface area contributed by atoms with E-state index in [1.807, 2.05) is 6.07 Å². The zero-order valence-electron chi connectivity index (χ0n) is 8.74. The number of aliphatic hydroxyl groups is 1. The van der Waals surface area contributed by atoms with Gasteiger partial charge in [-0.15, -0.1) is 0 Å². The summed E-state index contributed by atoms with van der Waals surface area (Å²) >= 11 is 0. The minimum Gasteiger partial charge on any atom is -0.394 e. The van der Waals surface area contributed by atoms with Gasteiger partial charge in [-0.3, -0.25) is 4.98 Å². The van der Waals surface area contributed by atoms with E-state index in [-0.39, 0.29) is 12.0 Å². The predicted octanol–water partition coefficient (Wildman–Crippen LogP) is 0.954. The van der Waals surface area contributed by atoms with Gasteiger partial charge < -0.3 is 10.8 Å². The van der Waals surface area contributed by atoms with Crippen molar-refractivity contribution in [3.05, 3.63) is 29.6 Å². The summed E-state index contributed by atoms with van der Waals surface area (Å²) in [5.74, 6) is 0. The summed E-state index contributed by atoms with van der Waals surface area (Å²) in [5.41, 5.74) is 8.09. The van der Waals surface area contributed by atoms with Crippen molar-refractivity contribution < 1.29 is 5.11 Å². The van der Waals surface area contributed by atoms with Crippen LogP contribution in [-0.4, -0.2) is 16.7 Å². The molecule has 1 heterocycles. The lowest BCUT2D eigenvalue weighted by Gasteiger charge is -2.41. The molecule has 3 nitrogen and oxygen atoms in total. The van der Waals surface area contributed by atoms with Crippen molar-refractivity contribution in [1.29, 1.82) is 0 Å². The molecule has 3 rings (SSSR count). The van der Waals surface area contributed by atoms with Crippen LogP contribution < -0.4 is 5.73 Å². The average molecular weight is 204 g/mol. The third-order valence-electron chi connectivity index (χ3n) is 4.24. The molecule has 2 aliphatic rings. The Hall–Kier alpha value is -0.930. The Balaban J connectivity index is 2.16. The van der Waals surface area contributed by atoms with Crippen molar-refractivity contribution >= 4 is 0 Å². The first-order chi connectivity index (χ1) is 7.22. The van der Waals surface area contributed by atoms with Crippen LogP contribution in [-0.2, 0) is 12.0 Å². The third kappa shape index (κ3) is 1.05. The van der Waals surface area contributed by atoms with E-state index in [2.05, 4.69) is 11.1 Å². The second-order valence-corrected chi connectivity index (χ2v) is 4.92. The van der Waals surface area contributed by atoms with E-state index in [0.29, 0.717) is 0 Å². The second kappa shape index (κ2) is 2.80. The van der Waals surface area contributed by atoms with Crippen molar-refractivity contribution in [2.45, 2.75) is 31.2 Å². The van der Waals surface area contributed by atoms with Crippen molar-refractivity contribution in [2.24, 2.45) is 11.1 Å². The van der Waals surface area contributed by atoms with E-state index in [4.69, 9.17) is 5.73 Å². The number of aliphatic hydroxyl groups excluding tert-OH is 1. The third-order valence-corrected chi connectivity index (χ3v) is 4.24. The minimum atomic E-state index is -0.595. The molecule has 1 fully saturated rings. The fraction of sp³-hybridized carbons (Fsp3) is 0.583.